The number of imide groups is 1. The van der Waals surface area contributed by atoms with Crippen molar-refractivity contribution in [2.24, 2.45) is 5.92 Å². The average Bonchev–Trinajstić information content (AvgIpc) is 2.89. The Kier molecular flexibility index (Phi) is 8.54. The lowest BCUT2D eigenvalue weighted by molar-refractivity contribution is -0.137. The molecule has 154 valence electrons. The first-order chi connectivity index (χ1) is 13.3. The summed E-state index contributed by atoms with van der Waals surface area (Å²) in [6.45, 7) is 9.00. The minimum Gasteiger partial charge on any atom is -0.493 e. The number of thioether (sulfide) groups is 1. The Balaban J connectivity index is 2.22. The second kappa shape index (κ2) is 10.6. The minimum absolute atomic E-state index is 0.0295. The number of hydrogen-bond acceptors (Lipinski definition) is 6. The summed E-state index contributed by atoms with van der Waals surface area (Å²) in [6.07, 6.45) is 0.0295. The Morgan fingerprint density at radius 2 is 1.75 bits per heavy atom. The van der Waals surface area contributed by atoms with Gasteiger partial charge in [0.25, 0.3) is 11.8 Å². The quantitative estimate of drug-likeness (QED) is 0.569. The van der Waals surface area contributed by atoms with Crippen molar-refractivity contribution in [2.75, 3.05) is 32.1 Å². The number of hydrogen-bond donors (Lipinski definition) is 1. The van der Waals surface area contributed by atoms with Crippen LogP contribution in [-0.4, -0.2) is 60.0 Å². The zero-order valence-electron chi connectivity index (χ0n) is 16.9. The molecule has 7 heteroatoms. The molecule has 0 aliphatic carbocycles. The molecule has 1 aliphatic rings. The van der Waals surface area contributed by atoms with Gasteiger partial charge < -0.3 is 14.6 Å². The van der Waals surface area contributed by atoms with Crippen LogP contribution in [0.15, 0.2) is 29.2 Å². The lowest BCUT2D eigenvalue weighted by Gasteiger charge is -2.16. The third kappa shape index (κ3) is 5.83. The monoisotopic (exact) mass is 407 g/mol. The fraction of sp³-hybridized carbons (Fsp3) is 0.524. The molecule has 0 saturated heterocycles. The summed E-state index contributed by atoms with van der Waals surface area (Å²) in [5, 5.41) is 9.15. The zero-order chi connectivity index (χ0) is 20.7. The lowest BCUT2D eigenvalue weighted by atomic mass is 10.1. The number of nitrogens with zero attached hydrogens (tertiary/aromatic N) is 1. The molecule has 1 aliphatic heterocycles. The van der Waals surface area contributed by atoms with Crippen molar-refractivity contribution in [3.63, 3.8) is 0 Å². The summed E-state index contributed by atoms with van der Waals surface area (Å²) in [4.78, 5) is 27.3. The summed E-state index contributed by atoms with van der Waals surface area (Å²) < 4.78 is 11.2. The molecule has 0 aromatic heterocycles. The van der Waals surface area contributed by atoms with Crippen molar-refractivity contribution >= 4 is 29.1 Å². The van der Waals surface area contributed by atoms with E-state index in [0.717, 1.165) is 5.75 Å². The van der Waals surface area contributed by atoms with Gasteiger partial charge in [-0.15, -0.1) is 11.8 Å². The second-order valence-electron chi connectivity index (χ2n) is 7.19. The highest BCUT2D eigenvalue weighted by Crippen LogP contribution is 2.36. The summed E-state index contributed by atoms with van der Waals surface area (Å²) in [6, 6.07) is 7.20. The topological polar surface area (TPSA) is 76.1 Å². The Hall–Kier alpha value is -1.83. The van der Waals surface area contributed by atoms with E-state index >= 15 is 0 Å². The Morgan fingerprint density at radius 1 is 1.07 bits per heavy atom. The number of rotatable bonds is 11. The molecule has 1 heterocycles. The van der Waals surface area contributed by atoms with E-state index in [9.17, 15) is 9.59 Å². The number of aliphatic hydroxyl groups is 1. The van der Waals surface area contributed by atoms with Crippen molar-refractivity contribution in [3.8, 4) is 5.75 Å². The molecule has 1 N–H and O–H groups in total. The Morgan fingerprint density at radius 3 is 2.32 bits per heavy atom. The number of benzene rings is 1. The summed E-state index contributed by atoms with van der Waals surface area (Å²) in [5.74, 6) is 0.838. The highest BCUT2D eigenvalue weighted by atomic mass is 32.2. The van der Waals surface area contributed by atoms with Gasteiger partial charge in [0.15, 0.2) is 0 Å². The highest BCUT2D eigenvalue weighted by Gasteiger charge is 2.38. The first-order valence-electron chi connectivity index (χ1n) is 9.54. The van der Waals surface area contributed by atoms with Gasteiger partial charge in [-0.2, -0.15) is 0 Å². The standard InChI is InChI=1S/C21H29NO5S/c1-14(2)13-27-17-7-5-16(6-8-17)18-19(28-12-10-23)21(25)22(20(18)24)9-11-26-15(3)4/h5-8,14-15,23H,9-13H2,1-4H3. The third-order valence-corrected chi connectivity index (χ3v) is 5.01. The van der Waals surface area contributed by atoms with E-state index in [0.29, 0.717) is 40.9 Å². The highest BCUT2D eigenvalue weighted by molar-refractivity contribution is 8.04. The van der Waals surface area contributed by atoms with Crippen LogP contribution in [0.2, 0.25) is 0 Å². The van der Waals surface area contributed by atoms with E-state index in [1.165, 1.54) is 16.7 Å². The fourth-order valence-corrected chi connectivity index (χ4v) is 3.53. The van der Waals surface area contributed by atoms with Crippen LogP contribution < -0.4 is 4.74 Å². The number of aliphatic hydroxyl groups excluding tert-OH is 1. The second-order valence-corrected chi connectivity index (χ2v) is 8.29. The maximum Gasteiger partial charge on any atom is 0.268 e. The van der Waals surface area contributed by atoms with Gasteiger partial charge in [0, 0.05) is 5.75 Å². The van der Waals surface area contributed by atoms with Crippen LogP contribution in [-0.2, 0) is 14.3 Å². The van der Waals surface area contributed by atoms with Crippen molar-refractivity contribution in [1.82, 2.24) is 4.90 Å². The molecule has 1 aromatic rings. The molecule has 2 amide bonds. The molecule has 0 radical (unpaired) electrons. The number of ether oxygens (including phenoxy) is 2. The van der Waals surface area contributed by atoms with Crippen LogP contribution in [0.25, 0.3) is 5.57 Å². The SMILES string of the molecule is CC(C)COc1ccc(C2=C(SCCO)C(=O)N(CCOC(C)C)C2=O)cc1. The van der Waals surface area contributed by atoms with E-state index in [2.05, 4.69) is 13.8 Å². The molecule has 0 fully saturated rings. The van der Waals surface area contributed by atoms with Crippen LogP contribution in [0.5, 0.6) is 5.75 Å². The van der Waals surface area contributed by atoms with Gasteiger partial charge in [-0.1, -0.05) is 26.0 Å². The van der Waals surface area contributed by atoms with Gasteiger partial charge in [0.2, 0.25) is 0 Å². The molecular weight excluding hydrogens is 378 g/mol. The van der Waals surface area contributed by atoms with Crippen molar-refractivity contribution < 1.29 is 24.2 Å². The normalized spacial score (nSPS) is 14.8. The smallest absolute Gasteiger partial charge is 0.268 e. The zero-order valence-corrected chi connectivity index (χ0v) is 17.8. The molecule has 28 heavy (non-hydrogen) atoms. The van der Waals surface area contributed by atoms with Crippen molar-refractivity contribution in [1.29, 1.82) is 0 Å². The van der Waals surface area contributed by atoms with Gasteiger partial charge in [-0.3, -0.25) is 14.5 Å². The predicted molar refractivity (Wildman–Crippen MR) is 111 cm³/mol. The Bertz CT molecular complexity index is 712. The lowest BCUT2D eigenvalue weighted by Crippen LogP contribution is -2.35. The van der Waals surface area contributed by atoms with Crippen molar-refractivity contribution in [3.05, 3.63) is 34.7 Å². The Labute approximate surface area is 170 Å². The fourth-order valence-electron chi connectivity index (χ4n) is 2.65. The van der Waals surface area contributed by atoms with Gasteiger partial charge in [0.1, 0.15) is 5.75 Å². The third-order valence-electron chi connectivity index (χ3n) is 3.96. The van der Waals surface area contributed by atoms with Crippen LogP contribution in [0.4, 0.5) is 0 Å². The molecule has 0 bridgehead atoms. The van der Waals surface area contributed by atoms with Gasteiger partial charge in [0.05, 0.1) is 42.9 Å². The van der Waals surface area contributed by atoms with Gasteiger partial charge in [-0.05, 0) is 37.5 Å². The van der Waals surface area contributed by atoms with E-state index in [1.54, 1.807) is 24.3 Å². The molecule has 0 atom stereocenters. The van der Waals surface area contributed by atoms with Crippen LogP contribution in [0.3, 0.4) is 0 Å². The maximum absolute atomic E-state index is 13.0. The molecular formula is C21H29NO5S. The first-order valence-corrected chi connectivity index (χ1v) is 10.5. The maximum atomic E-state index is 13.0. The number of carbonyl (C=O) groups is 2. The van der Waals surface area contributed by atoms with Gasteiger partial charge in [-0.25, -0.2) is 0 Å². The van der Waals surface area contributed by atoms with E-state index < -0.39 is 0 Å². The number of carbonyl (C=O) groups excluding carboxylic acids is 2. The van der Waals surface area contributed by atoms with Gasteiger partial charge >= 0.3 is 0 Å². The van der Waals surface area contributed by atoms with Crippen molar-refractivity contribution in [2.45, 2.75) is 33.8 Å². The predicted octanol–water partition coefficient (Wildman–Crippen LogP) is 2.95. The van der Waals surface area contributed by atoms with Crippen LogP contribution in [0, 0.1) is 5.92 Å². The minimum atomic E-state index is -0.328. The average molecular weight is 408 g/mol. The van der Waals surface area contributed by atoms with E-state index in [4.69, 9.17) is 14.6 Å². The van der Waals surface area contributed by atoms with E-state index in [1.807, 2.05) is 13.8 Å². The molecule has 6 nitrogen and oxygen atoms in total. The van der Waals surface area contributed by atoms with Crippen LogP contribution in [0.1, 0.15) is 33.3 Å². The molecule has 0 saturated carbocycles. The molecule has 2 rings (SSSR count). The number of amides is 2. The molecule has 0 spiro atoms. The summed E-state index contributed by atoms with van der Waals surface area (Å²) in [5.41, 5.74) is 1.05. The van der Waals surface area contributed by atoms with E-state index in [-0.39, 0.29) is 31.1 Å². The first kappa shape index (κ1) is 22.5. The molecule has 1 aromatic carbocycles. The van der Waals surface area contributed by atoms with Crippen LogP contribution >= 0.6 is 11.8 Å². The largest absolute Gasteiger partial charge is 0.493 e. The summed E-state index contributed by atoms with van der Waals surface area (Å²) in [7, 11) is 0. The summed E-state index contributed by atoms with van der Waals surface area (Å²) >= 11 is 1.21. The molecule has 0 unspecified atom stereocenters.